The summed E-state index contributed by atoms with van der Waals surface area (Å²) in [6.45, 7) is 5.94. The number of hydrogen-bond acceptors (Lipinski definition) is 5. The molecule has 110 valence electrons. The molecule has 0 bridgehead atoms. The van der Waals surface area contributed by atoms with Gasteiger partial charge in [0.2, 0.25) is 10.0 Å². The van der Waals surface area contributed by atoms with Crippen LogP contribution in [0.4, 0.5) is 0 Å². The molecule has 5 nitrogen and oxygen atoms in total. The molecule has 0 unspecified atom stereocenters. The minimum Gasteiger partial charge on any atom is -0.310 e. The topological polar surface area (TPSA) is 61.4 Å². The number of nitrogens with zero attached hydrogens (tertiary/aromatic N) is 1. The standard InChI is InChI=1S/C12H23N3O2S2/c1-10(2)13-9-11-5-6-12(18-11)19(16,17)14-7-8-15(3)4/h5-6,10,13-14H,7-9H2,1-4H3. The van der Waals surface area contributed by atoms with Crippen molar-refractivity contribution in [2.75, 3.05) is 27.2 Å². The Balaban J connectivity index is 2.58. The number of rotatable bonds is 8. The van der Waals surface area contributed by atoms with Crippen molar-refractivity contribution in [3.8, 4) is 0 Å². The smallest absolute Gasteiger partial charge is 0.250 e. The molecular formula is C12H23N3O2S2. The van der Waals surface area contributed by atoms with Gasteiger partial charge in [-0.05, 0) is 26.2 Å². The van der Waals surface area contributed by atoms with Crippen LogP contribution in [-0.2, 0) is 16.6 Å². The highest BCUT2D eigenvalue weighted by Crippen LogP contribution is 2.21. The quantitative estimate of drug-likeness (QED) is 0.755. The van der Waals surface area contributed by atoms with Crippen LogP contribution < -0.4 is 10.0 Å². The van der Waals surface area contributed by atoms with Crippen LogP contribution in [0.2, 0.25) is 0 Å². The zero-order valence-electron chi connectivity index (χ0n) is 11.9. The Morgan fingerprint density at radius 1 is 1.32 bits per heavy atom. The molecule has 0 radical (unpaired) electrons. The molecule has 2 N–H and O–H groups in total. The fraction of sp³-hybridized carbons (Fsp3) is 0.667. The summed E-state index contributed by atoms with van der Waals surface area (Å²) in [5, 5.41) is 3.27. The number of likely N-dealkylation sites (N-methyl/N-ethyl adjacent to an activating group) is 1. The molecule has 0 atom stereocenters. The maximum absolute atomic E-state index is 12.0. The number of hydrogen-bond donors (Lipinski definition) is 2. The third-order valence-corrected chi connectivity index (χ3v) is 5.48. The van der Waals surface area contributed by atoms with Crippen molar-refractivity contribution in [3.63, 3.8) is 0 Å². The van der Waals surface area contributed by atoms with Gasteiger partial charge in [0, 0.05) is 30.6 Å². The van der Waals surface area contributed by atoms with Gasteiger partial charge in [0.05, 0.1) is 0 Å². The van der Waals surface area contributed by atoms with Crippen LogP contribution in [-0.4, -0.2) is 46.5 Å². The molecule has 0 aromatic carbocycles. The Kier molecular flexibility index (Phi) is 6.41. The molecule has 19 heavy (non-hydrogen) atoms. The van der Waals surface area contributed by atoms with Gasteiger partial charge in [-0.2, -0.15) is 0 Å². The van der Waals surface area contributed by atoms with Gasteiger partial charge in [0.25, 0.3) is 0 Å². The maximum Gasteiger partial charge on any atom is 0.250 e. The van der Waals surface area contributed by atoms with E-state index in [1.807, 2.05) is 25.1 Å². The zero-order valence-corrected chi connectivity index (χ0v) is 13.6. The van der Waals surface area contributed by atoms with Crippen LogP contribution in [0.25, 0.3) is 0 Å². The van der Waals surface area contributed by atoms with Gasteiger partial charge in [-0.15, -0.1) is 11.3 Å². The highest BCUT2D eigenvalue weighted by atomic mass is 32.2. The first-order chi connectivity index (χ1) is 8.81. The van der Waals surface area contributed by atoms with E-state index in [1.165, 1.54) is 11.3 Å². The van der Waals surface area contributed by atoms with Crippen molar-refractivity contribution in [2.24, 2.45) is 0 Å². The third-order valence-electron chi connectivity index (χ3n) is 2.44. The van der Waals surface area contributed by atoms with Crippen molar-refractivity contribution >= 4 is 21.4 Å². The highest BCUT2D eigenvalue weighted by Gasteiger charge is 2.16. The molecular weight excluding hydrogens is 282 g/mol. The summed E-state index contributed by atoms with van der Waals surface area (Å²) >= 11 is 1.31. The van der Waals surface area contributed by atoms with Crippen LogP contribution in [0.1, 0.15) is 18.7 Å². The van der Waals surface area contributed by atoms with E-state index in [0.717, 1.165) is 4.88 Å². The van der Waals surface area contributed by atoms with Crippen LogP contribution >= 0.6 is 11.3 Å². The van der Waals surface area contributed by atoms with Crippen LogP contribution in [0.3, 0.4) is 0 Å². The molecule has 0 fully saturated rings. The number of thiophene rings is 1. The van der Waals surface area contributed by atoms with Gasteiger partial charge in [-0.1, -0.05) is 13.8 Å². The lowest BCUT2D eigenvalue weighted by atomic mass is 10.4. The fourth-order valence-corrected chi connectivity index (χ4v) is 3.75. The lowest BCUT2D eigenvalue weighted by Crippen LogP contribution is -2.30. The molecule has 0 spiro atoms. The van der Waals surface area contributed by atoms with E-state index >= 15 is 0 Å². The number of sulfonamides is 1. The molecule has 1 rings (SSSR count). The molecule has 0 saturated heterocycles. The predicted octanol–water partition coefficient (Wildman–Crippen LogP) is 1.09. The summed E-state index contributed by atoms with van der Waals surface area (Å²) in [5.41, 5.74) is 0. The summed E-state index contributed by atoms with van der Waals surface area (Å²) in [4.78, 5) is 2.97. The normalized spacial score (nSPS) is 12.5. The Bertz CT molecular complexity index is 481. The average Bonchev–Trinajstić information content (AvgIpc) is 2.74. The Morgan fingerprint density at radius 3 is 2.58 bits per heavy atom. The summed E-state index contributed by atoms with van der Waals surface area (Å²) in [6, 6.07) is 3.92. The van der Waals surface area contributed by atoms with E-state index in [-0.39, 0.29) is 0 Å². The minimum atomic E-state index is -3.36. The molecule has 0 aliphatic heterocycles. The first-order valence-corrected chi connectivity index (χ1v) is 8.57. The second-order valence-corrected chi connectivity index (χ2v) is 8.12. The van der Waals surface area contributed by atoms with Gasteiger partial charge >= 0.3 is 0 Å². The molecule has 1 aromatic heterocycles. The molecule has 0 amide bonds. The predicted molar refractivity (Wildman–Crippen MR) is 80.0 cm³/mol. The Hall–Kier alpha value is -0.470. The largest absolute Gasteiger partial charge is 0.310 e. The van der Waals surface area contributed by atoms with E-state index in [4.69, 9.17) is 0 Å². The van der Waals surface area contributed by atoms with Crippen LogP contribution in [0, 0.1) is 0 Å². The van der Waals surface area contributed by atoms with E-state index in [0.29, 0.717) is 29.9 Å². The summed E-state index contributed by atoms with van der Waals surface area (Å²) in [5.74, 6) is 0. The van der Waals surface area contributed by atoms with Gasteiger partial charge < -0.3 is 10.2 Å². The third kappa shape index (κ3) is 6.01. The lowest BCUT2D eigenvalue weighted by Gasteiger charge is -2.10. The highest BCUT2D eigenvalue weighted by molar-refractivity contribution is 7.91. The van der Waals surface area contributed by atoms with Crippen LogP contribution in [0.5, 0.6) is 0 Å². The first kappa shape index (κ1) is 16.6. The second kappa shape index (κ2) is 7.35. The zero-order chi connectivity index (χ0) is 14.5. The van der Waals surface area contributed by atoms with E-state index in [1.54, 1.807) is 6.07 Å². The van der Waals surface area contributed by atoms with Crippen molar-refractivity contribution in [3.05, 3.63) is 17.0 Å². The SMILES string of the molecule is CC(C)NCc1ccc(S(=O)(=O)NCCN(C)C)s1. The molecule has 1 aromatic rings. The van der Waals surface area contributed by atoms with Gasteiger partial charge in [0.15, 0.2) is 0 Å². The molecule has 0 aliphatic rings. The fourth-order valence-electron chi connectivity index (χ4n) is 1.38. The van der Waals surface area contributed by atoms with Gasteiger partial charge in [-0.3, -0.25) is 0 Å². The van der Waals surface area contributed by atoms with Crippen molar-refractivity contribution in [2.45, 2.75) is 30.6 Å². The van der Waals surface area contributed by atoms with E-state index < -0.39 is 10.0 Å². The Morgan fingerprint density at radius 2 is 2.00 bits per heavy atom. The van der Waals surface area contributed by atoms with Crippen LogP contribution in [0.15, 0.2) is 16.3 Å². The maximum atomic E-state index is 12.0. The molecule has 7 heteroatoms. The molecule has 1 heterocycles. The monoisotopic (exact) mass is 305 g/mol. The van der Waals surface area contributed by atoms with Gasteiger partial charge in [-0.25, -0.2) is 13.1 Å². The van der Waals surface area contributed by atoms with Crippen molar-refractivity contribution in [1.29, 1.82) is 0 Å². The summed E-state index contributed by atoms with van der Waals surface area (Å²) < 4.78 is 27.0. The molecule has 0 saturated carbocycles. The average molecular weight is 305 g/mol. The van der Waals surface area contributed by atoms with E-state index in [2.05, 4.69) is 23.9 Å². The molecule has 0 aliphatic carbocycles. The van der Waals surface area contributed by atoms with Crippen molar-refractivity contribution in [1.82, 2.24) is 14.9 Å². The Labute approximate surface area is 120 Å². The first-order valence-electron chi connectivity index (χ1n) is 6.28. The minimum absolute atomic E-state index is 0.381. The number of nitrogens with one attached hydrogen (secondary N) is 2. The van der Waals surface area contributed by atoms with Gasteiger partial charge in [0.1, 0.15) is 4.21 Å². The van der Waals surface area contributed by atoms with Crippen molar-refractivity contribution < 1.29 is 8.42 Å². The summed E-state index contributed by atoms with van der Waals surface area (Å²) in [6.07, 6.45) is 0. The van der Waals surface area contributed by atoms with E-state index in [9.17, 15) is 8.42 Å². The second-order valence-electron chi connectivity index (χ2n) is 4.96. The summed E-state index contributed by atoms with van der Waals surface area (Å²) in [7, 11) is 0.464. The lowest BCUT2D eigenvalue weighted by molar-refractivity contribution is 0.412.